The molecule has 0 spiro atoms. The van der Waals surface area contributed by atoms with Gasteiger partial charge in [-0.15, -0.1) is 0 Å². The number of aromatic nitrogens is 2. The van der Waals surface area contributed by atoms with Gasteiger partial charge in [-0.3, -0.25) is 4.79 Å². The number of carbonyl (C=O) groups excluding carboxylic acids is 1. The van der Waals surface area contributed by atoms with Crippen molar-refractivity contribution in [1.82, 2.24) is 20.7 Å². The topological polar surface area (TPSA) is 103 Å². The highest BCUT2D eigenvalue weighted by atomic mass is 35.5. The van der Waals surface area contributed by atoms with Gasteiger partial charge in [-0.25, -0.2) is 14.8 Å². The monoisotopic (exact) mass is 471 g/mol. The van der Waals surface area contributed by atoms with Crippen molar-refractivity contribution in [2.24, 2.45) is 0 Å². The number of halogens is 2. The number of nitrogens with zero attached hydrogens (tertiary/aromatic N) is 3. The van der Waals surface area contributed by atoms with E-state index in [0.29, 0.717) is 36.0 Å². The molecule has 9 nitrogen and oxygen atoms in total. The molecule has 0 radical (unpaired) electrons. The summed E-state index contributed by atoms with van der Waals surface area (Å²) < 4.78 is 19.4. The van der Waals surface area contributed by atoms with Crippen LogP contribution in [0.25, 0.3) is 0 Å². The van der Waals surface area contributed by atoms with Crippen LogP contribution in [-0.4, -0.2) is 36.6 Å². The summed E-state index contributed by atoms with van der Waals surface area (Å²) in [4.78, 5) is 19.8. The van der Waals surface area contributed by atoms with Crippen LogP contribution in [0.1, 0.15) is 12.0 Å². The third-order valence-electron chi connectivity index (χ3n) is 5.09. The van der Waals surface area contributed by atoms with Gasteiger partial charge in [0.2, 0.25) is 11.9 Å². The SMILES string of the molecule is CNC(=O)CCN1NCc2cc(Nc3ncc(F)c(Nc4ccc(OC)c(Cl)c4)n3)ccc21. The number of hydrogen-bond donors (Lipinski definition) is 4. The van der Waals surface area contributed by atoms with Gasteiger partial charge in [0.05, 0.1) is 24.0 Å². The summed E-state index contributed by atoms with van der Waals surface area (Å²) in [5.74, 6) is 0.152. The molecule has 3 aromatic rings. The molecule has 33 heavy (non-hydrogen) atoms. The van der Waals surface area contributed by atoms with Crippen molar-refractivity contribution in [3.63, 3.8) is 0 Å². The van der Waals surface area contributed by atoms with E-state index in [2.05, 4.69) is 31.3 Å². The maximum Gasteiger partial charge on any atom is 0.229 e. The molecule has 2 aromatic carbocycles. The maximum absolute atomic E-state index is 14.3. The van der Waals surface area contributed by atoms with Gasteiger partial charge in [0.15, 0.2) is 11.6 Å². The Kier molecular flexibility index (Phi) is 6.76. The average molecular weight is 472 g/mol. The Morgan fingerprint density at radius 3 is 2.79 bits per heavy atom. The number of amides is 1. The Morgan fingerprint density at radius 1 is 1.24 bits per heavy atom. The standard InChI is InChI=1S/C22H23ClFN7O2/c1-25-20(32)7-8-31-18-5-3-14(9-13(18)11-27-31)29-22-26-12-17(24)21(30-22)28-15-4-6-19(33-2)16(23)10-15/h3-6,9-10,12,27H,7-8,11H2,1-2H3,(H,25,32)(H2,26,28,29,30). The van der Waals surface area contributed by atoms with Gasteiger partial charge in [0.25, 0.3) is 0 Å². The molecule has 0 aliphatic carbocycles. The van der Waals surface area contributed by atoms with Crippen molar-refractivity contribution in [1.29, 1.82) is 0 Å². The first-order valence-electron chi connectivity index (χ1n) is 10.2. The van der Waals surface area contributed by atoms with Crippen molar-refractivity contribution in [2.75, 3.05) is 36.3 Å². The zero-order valence-corrected chi connectivity index (χ0v) is 18.8. The molecule has 0 saturated carbocycles. The van der Waals surface area contributed by atoms with Crippen LogP contribution < -0.4 is 31.1 Å². The van der Waals surface area contributed by atoms with Crippen LogP contribution in [0, 0.1) is 5.82 Å². The summed E-state index contributed by atoms with van der Waals surface area (Å²) in [5, 5.41) is 11.0. The van der Waals surface area contributed by atoms with Crippen LogP contribution in [0.15, 0.2) is 42.6 Å². The van der Waals surface area contributed by atoms with E-state index in [9.17, 15) is 9.18 Å². The fraction of sp³-hybridized carbons (Fsp3) is 0.227. The minimum Gasteiger partial charge on any atom is -0.495 e. The van der Waals surface area contributed by atoms with E-state index >= 15 is 0 Å². The molecule has 4 rings (SSSR count). The molecule has 1 aliphatic heterocycles. The minimum atomic E-state index is -0.600. The lowest BCUT2D eigenvalue weighted by atomic mass is 10.1. The first kappa shape index (κ1) is 22.6. The number of fused-ring (bicyclic) bond motifs is 1. The summed E-state index contributed by atoms with van der Waals surface area (Å²) in [5.41, 5.74) is 6.65. The van der Waals surface area contributed by atoms with E-state index in [-0.39, 0.29) is 17.7 Å². The van der Waals surface area contributed by atoms with Gasteiger partial charge in [-0.05, 0) is 42.0 Å². The van der Waals surface area contributed by atoms with E-state index in [1.807, 2.05) is 23.2 Å². The molecule has 172 valence electrons. The lowest BCUT2D eigenvalue weighted by Crippen LogP contribution is -2.35. The Labute approximate surface area is 195 Å². The number of benzene rings is 2. The summed E-state index contributed by atoms with van der Waals surface area (Å²) in [6, 6.07) is 10.8. The summed E-state index contributed by atoms with van der Waals surface area (Å²) in [7, 11) is 3.14. The van der Waals surface area contributed by atoms with Crippen LogP contribution in [0.5, 0.6) is 5.75 Å². The van der Waals surface area contributed by atoms with Crippen molar-refractivity contribution in [2.45, 2.75) is 13.0 Å². The average Bonchev–Trinajstić information content (AvgIpc) is 3.22. The molecule has 1 aromatic heterocycles. The van der Waals surface area contributed by atoms with E-state index in [4.69, 9.17) is 16.3 Å². The van der Waals surface area contributed by atoms with Crippen LogP contribution in [0.2, 0.25) is 5.02 Å². The lowest BCUT2D eigenvalue weighted by molar-refractivity contribution is -0.120. The van der Waals surface area contributed by atoms with E-state index < -0.39 is 5.82 Å². The fourth-order valence-electron chi connectivity index (χ4n) is 3.40. The highest BCUT2D eigenvalue weighted by Crippen LogP contribution is 2.31. The normalized spacial score (nSPS) is 12.3. The predicted octanol–water partition coefficient (Wildman–Crippen LogP) is 3.73. The highest BCUT2D eigenvalue weighted by molar-refractivity contribution is 6.32. The summed E-state index contributed by atoms with van der Waals surface area (Å²) in [6.45, 7) is 1.19. The van der Waals surface area contributed by atoms with Gasteiger partial charge >= 0.3 is 0 Å². The zero-order valence-electron chi connectivity index (χ0n) is 18.1. The molecule has 0 saturated heterocycles. The molecular weight excluding hydrogens is 449 g/mol. The van der Waals surface area contributed by atoms with Crippen LogP contribution in [-0.2, 0) is 11.3 Å². The number of hydrogen-bond acceptors (Lipinski definition) is 8. The zero-order chi connectivity index (χ0) is 23.4. The summed E-state index contributed by atoms with van der Waals surface area (Å²) in [6.07, 6.45) is 1.49. The number of rotatable bonds is 8. The smallest absolute Gasteiger partial charge is 0.229 e. The molecule has 4 N–H and O–H groups in total. The van der Waals surface area contributed by atoms with Crippen molar-refractivity contribution < 1.29 is 13.9 Å². The lowest BCUT2D eigenvalue weighted by Gasteiger charge is -2.19. The van der Waals surface area contributed by atoms with Gasteiger partial charge in [-0.2, -0.15) is 4.98 Å². The predicted molar refractivity (Wildman–Crippen MR) is 126 cm³/mol. The number of methoxy groups -OCH3 is 1. The van der Waals surface area contributed by atoms with Crippen molar-refractivity contribution in [3.05, 3.63) is 59.0 Å². The second-order valence-electron chi connectivity index (χ2n) is 7.24. The third kappa shape index (κ3) is 5.24. The Balaban J connectivity index is 1.46. The molecule has 0 fully saturated rings. The highest BCUT2D eigenvalue weighted by Gasteiger charge is 2.19. The van der Waals surface area contributed by atoms with Gasteiger partial charge in [0, 0.05) is 37.9 Å². The van der Waals surface area contributed by atoms with Crippen molar-refractivity contribution >= 4 is 46.3 Å². The molecule has 1 aliphatic rings. The number of nitrogens with one attached hydrogen (secondary N) is 4. The Morgan fingerprint density at radius 2 is 2.03 bits per heavy atom. The minimum absolute atomic E-state index is 0.0111. The molecule has 0 unspecified atom stereocenters. The molecule has 1 amide bonds. The number of ether oxygens (including phenoxy) is 1. The van der Waals surface area contributed by atoms with E-state index in [0.717, 1.165) is 23.1 Å². The van der Waals surface area contributed by atoms with Crippen LogP contribution in [0.4, 0.5) is 33.2 Å². The molecule has 0 bridgehead atoms. The van der Waals surface area contributed by atoms with Gasteiger partial charge in [-0.1, -0.05) is 11.6 Å². The van der Waals surface area contributed by atoms with Gasteiger partial charge < -0.3 is 25.7 Å². The van der Waals surface area contributed by atoms with E-state index in [1.54, 1.807) is 25.2 Å². The molecule has 2 heterocycles. The quantitative estimate of drug-likeness (QED) is 0.394. The molecular formula is C22H23ClFN7O2. The second-order valence-corrected chi connectivity index (χ2v) is 7.65. The number of hydrazine groups is 1. The molecule has 11 heteroatoms. The van der Waals surface area contributed by atoms with Crippen molar-refractivity contribution in [3.8, 4) is 5.75 Å². The fourth-order valence-corrected chi connectivity index (χ4v) is 3.65. The second kappa shape index (κ2) is 9.88. The Hall–Kier alpha value is -3.63. The third-order valence-corrected chi connectivity index (χ3v) is 5.38. The van der Waals surface area contributed by atoms with E-state index in [1.165, 1.54) is 7.11 Å². The number of carbonyl (C=O) groups is 1. The van der Waals surface area contributed by atoms with Gasteiger partial charge in [0.1, 0.15) is 5.75 Å². The molecule has 0 atom stereocenters. The number of anilines is 5. The summed E-state index contributed by atoms with van der Waals surface area (Å²) >= 11 is 6.14. The Bertz CT molecular complexity index is 1180. The maximum atomic E-state index is 14.3. The largest absolute Gasteiger partial charge is 0.495 e. The first-order chi connectivity index (χ1) is 16.0. The van der Waals surface area contributed by atoms with Crippen LogP contribution in [0.3, 0.4) is 0 Å². The van der Waals surface area contributed by atoms with Crippen LogP contribution >= 0.6 is 11.6 Å². The first-order valence-corrected chi connectivity index (χ1v) is 10.6.